The lowest BCUT2D eigenvalue weighted by atomic mass is 10.1. The van der Waals surface area contributed by atoms with Gasteiger partial charge >= 0.3 is 0 Å². The summed E-state index contributed by atoms with van der Waals surface area (Å²) >= 11 is 0. The summed E-state index contributed by atoms with van der Waals surface area (Å²) in [7, 11) is 1.67. The molecular weight excluding hydrogens is 364 g/mol. The monoisotopic (exact) mass is 394 g/mol. The van der Waals surface area contributed by atoms with Crippen LogP contribution in [-0.4, -0.2) is 28.9 Å². The van der Waals surface area contributed by atoms with Crippen molar-refractivity contribution in [1.82, 2.24) is 20.5 Å². The van der Waals surface area contributed by atoms with Crippen LogP contribution in [0, 0.1) is 12.8 Å². The highest BCUT2D eigenvalue weighted by molar-refractivity contribution is 5.43. The lowest BCUT2D eigenvalue weighted by Gasteiger charge is -2.18. The summed E-state index contributed by atoms with van der Waals surface area (Å²) in [6.45, 7) is 7.61. The average molecular weight is 395 g/mol. The van der Waals surface area contributed by atoms with Crippen LogP contribution in [0.1, 0.15) is 49.1 Å². The van der Waals surface area contributed by atoms with Crippen molar-refractivity contribution in [3.63, 3.8) is 0 Å². The van der Waals surface area contributed by atoms with E-state index in [0.717, 1.165) is 40.7 Å². The number of hydrogen-bond acceptors (Lipinski definition) is 5. The highest BCUT2D eigenvalue weighted by Crippen LogP contribution is 2.29. The number of rotatable bonds is 10. The molecule has 0 saturated heterocycles. The molecule has 0 bridgehead atoms. The van der Waals surface area contributed by atoms with Crippen molar-refractivity contribution in [2.75, 3.05) is 13.7 Å². The summed E-state index contributed by atoms with van der Waals surface area (Å²) in [5.74, 6) is 3.66. The number of methoxy groups -OCH3 is 1. The van der Waals surface area contributed by atoms with Gasteiger partial charge in [0.25, 0.3) is 0 Å². The van der Waals surface area contributed by atoms with Gasteiger partial charge in [0.1, 0.15) is 5.82 Å². The molecule has 1 atom stereocenters. The van der Waals surface area contributed by atoms with E-state index in [0.29, 0.717) is 19.1 Å². The summed E-state index contributed by atoms with van der Waals surface area (Å²) in [6, 6.07) is 16.2. The summed E-state index contributed by atoms with van der Waals surface area (Å²) in [4.78, 5) is 4.53. The van der Waals surface area contributed by atoms with Crippen LogP contribution in [0.2, 0.25) is 0 Å². The summed E-state index contributed by atoms with van der Waals surface area (Å²) < 4.78 is 11.4. The van der Waals surface area contributed by atoms with Crippen molar-refractivity contribution in [1.29, 1.82) is 0 Å². The van der Waals surface area contributed by atoms with Gasteiger partial charge in [0.05, 0.1) is 19.8 Å². The third kappa shape index (κ3) is 5.81. The van der Waals surface area contributed by atoms with E-state index in [1.54, 1.807) is 7.11 Å². The lowest BCUT2D eigenvalue weighted by Crippen LogP contribution is -2.23. The predicted octanol–water partition coefficient (Wildman–Crippen LogP) is 4.43. The third-order valence-corrected chi connectivity index (χ3v) is 4.70. The molecule has 0 aliphatic rings. The standard InChI is InChI=1S/C23H30N4O2/c1-16(2)12-13-29-21-14-18(10-11-20(21)28-4)15-24-22(19-8-6-5-7-9-19)23-25-17(3)26-27-23/h5-11,14,16,22,24H,12-13,15H2,1-4H3,(H,25,26,27)/t22-/m0/s1. The Kier molecular flexibility index (Phi) is 7.25. The second kappa shape index (κ2) is 10.1. The van der Waals surface area contributed by atoms with Gasteiger partial charge in [-0.1, -0.05) is 50.2 Å². The van der Waals surface area contributed by atoms with Crippen LogP contribution < -0.4 is 14.8 Å². The number of aromatic nitrogens is 3. The molecule has 154 valence electrons. The second-order valence-corrected chi connectivity index (χ2v) is 7.52. The van der Waals surface area contributed by atoms with Crippen molar-refractivity contribution < 1.29 is 9.47 Å². The van der Waals surface area contributed by atoms with Crippen molar-refractivity contribution in [2.45, 2.75) is 39.8 Å². The first-order chi connectivity index (χ1) is 14.1. The number of H-pyrrole nitrogens is 1. The molecule has 6 nitrogen and oxygen atoms in total. The summed E-state index contributed by atoms with van der Waals surface area (Å²) in [5.41, 5.74) is 2.23. The van der Waals surface area contributed by atoms with Gasteiger partial charge in [-0.2, -0.15) is 5.10 Å². The van der Waals surface area contributed by atoms with Crippen LogP contribution in [0.25, 0.3) is 0 Å². The largest absolute Gasteiger partial charge is 0.493 e. The fourth-order valence-corrected chi connectivity index (χ4v) is 3.06. The Morgan fingerprint density at radius 2 is 1.86 bits per heavy atom. The number of aryl methyl sites for hydroxylation is 1. The number of aromatic amines is 1. The Morgan fingerprint density at radius 1 is 1.07 bits per heavy atom. The van der Waals surface area contributed by atoms with Gasteiger partial charge < -0.3 is 9.47 Å². The molecule has 0 radical (unpaired) electrons. The van der Waals surface area contributed by atoms with Crippen molar-refractivity contribution in [3.8, 4) is 11.5 Å². The molecular formula is C23H30N4O2. The third-order valence-electron chi connectivity index (χ3n) is 4.70. The Balaban J connectivity index is 1.75. The molecule has 1 aromatic heterocycles. The second-order valence-electron chi connectivity index (χ2n) is 7.52. The lowest BCUT2D eigenvalue weighted by molar-refractivity contribution is 0.272. The van der Waals surface area contributed by atoms with Crippen LogP contribution in [-0.2, 0) is 6.54 Å². The van der Waals surface area contributed by atoms with E-state index in [9.17, 15) is 0 Å². The number of benzene rings is 2. The van der Waals surface area contributed by atoms with Crippen molar-refractivity contribution >= 4 is 0 Å². The molecule has 0 spiro atoms. The van der Waals surface area contributed by atoms with Crippen LogP contribution >= 0.6 is 0 Å². The van der Waals surface area contributed by atoms with E-state index in [-0.39, 0.29) is 6.04 Å². The first-order valence-corrected chi connectivity index (χ1v) is 10.0. The first-order valence-electron chi connectivity index (χ1n) is 10.0. The molecule has 3 rings (SSSR count). The van der Waals surface area contributed by atoms with E-state index in [4.69, 9.17) is 9.47 Å². The number of ether oxygens (including phenoxy) is 2. The summed E-state index contributed by atoms with van der Waals surface area (Å²) in [5, 5.41) is 10.9. The van der Waals surface area contributed by atoms with Crippen molar-refractivity contribution in [2.24, 2.45) is 5.92 Å². The smallest absolute Gasteiger partial charge is 0.172 e. The molecule has 0 aliphatic carbocycles. The Bertz CT molecular complexity index is 893. The quantitative estimate of drug-likeness (QED) is 0.532. The first kappa shape index (κ1) is 20.9. The number of nitrogens with one attached hydrogen (secondary N) is 2. The van der Waals surface area contributed by atoms with Gasteiger partial charge in [0.2, 0.25) is 0 Å². The Labute approximate surface area is 172 Å². The molecule has 0 amide bonds. The van der Waals surface area contributed by atoms with Crippen LogP contribution in [0.4, 0.5) is 0 Å². The van der Waals surface area contributed by atoms with Gasteiger partial charge in [-0.05, 0) is 42.5 Å². The van der Waals surface area contributed by atoms with Gasteiger partial charge in [-0.25, -0.2) is 4.98 Å². The topological polar surface area (TPSA) is 72.1 Å². The number of nitrogens with zero attached hydrogens (tertiary/aromatic N) is 2. The molecule has 0 aliphatic heterocycles. The van der Waals surface area contributed by atoms with E-state index in [1.807, 2.05) is 43.3 Å². The van der Waals surface area contributed by atoms with E-state index >= 15 is 0 Å². The SMILES string of the molecule is COc1ccc(CN[C@@H](c2ccccc2)c2n[nH]c(C)n2)cc1OCCC(C)C. The van der Waals surface area contributed by atoms with E-state index < -0.39 is 0 Å². The maximum Gasteiger partial charge on any atom is 0.172 e. The highest BCUT2D eigenvalue weighted by atomic mass is 16.5. The minimum absolute atomic E-state index is 0.103. The Hall–Kier alpha value is -2.86. The van der Waals surface area contributed by atoms with Gasteiger partial charge in [0, 0.05) is 6.54 Å². The molecule has 1 heterocycles. The van der Waals surface area contributed by atoms with E-state index in [1.165, 1.54) is 0 Å². The minimum Gasteiger partial charge on any atom is -0.493 e. The maximum atomic E-state index is 5.98. The van der Waals surface area contributed by atoms with Gasteiger partial charge in [-0.3, -0.25) is 10.4 Å². The van der Waals surface area contributed by atoms with Crippen LogP contribution in [0.5, 0.6) is 11.5 Å². The molecule has 29 heavy (non-hydrogen) atoms. The number of hydrogen-bond donors (Lipinski definition) is 2. The van der Waals surface area contributed by atoms with Crippen molar-refractivity contribution in [3.05, 3.63) is 71.3 Å². The zero-order valence-corrected chi connectivity index (χ0v) is 17.6. The molecule has 2 aromatic carbocycles. The molecule has 6 heteroatoms. The minimum atomic E-state index is -0.103. The molecule has 0 fully saturated rings. The van der Waals surface area contributed by atoms with Crippen LogP contribution in [0.15, 0.2) is 48.5 Å². The van der Waals surface area contributed by atoms with E-state index in [2.05, 4.69) is 46.5 Å². The maximum absolute atomic E-state index is 5.98. The highest BCUT2D eigenvalue weighted by Gasteiger charge is 2.18. The average Bonchev–Trinajstić information content (AvgIpc) is 3.15. The molecule has 2 N–H and O–H groups in total. The zero-order chi connectivity index (χ0) is 20.6. The molecule has 3 aromatic rings. The normalized spacial score (nSPS) is 12.2. The molecule has 0 unspecified atom stereocenters. The molecule has 0 saturated carbocycles. The van der Waals surface area contributed by atoms with Crippen LogP contribution in [0.3, 0.4) is 0 Å². The van der Waals surface area contributed by atoms with Gasteiger partial charge in [0.15, 0.2) is 17.3 Å². The Morgan fingerprint density at radius 3 is 2.52 bits per heavy atom. The fourth-order valence-electron chi connectivity index (χ4n) is 3.06. The predicted molar refractivity (Wildman–Crippen MR) is 114 cm³/mol. The summed E-state index contributed by atoms with van der Waals surface area (Å²) in [6.07, 6.45) is 1.01. The van der Waals surface area contributed by atoms with Gasteiger partial charge in [-0.15, -0.1) is 0 Å². The fraction of sp³-hybridized carbons (Fsp3) is 0.391. The zero-order valence-electron chi connectivity index (χ0n) is 17.6.